The van der Waals surface area contributed by atoms with E-state index in [1.165, 1.54) is 0 Å². The van der Waals surface area contributed by atoms with E-state index in [9.17, 15) is 4.79 Å². The van der Waals surface area contributed by atoms with Crippen molar-refractivity contribution < 1.29 is 14.4 Å². The van der Waals surface area contributed by atoms with Crippen molar-refractivity contribution in [3.63, 3.8) is 0 Å². The number of carbonyl (C=O) groups is 1. The maximum Gasteiger partial charge on any atom is 0.282 e. The first-order chi connectivity index (χ1) is 11.8. The first-order valence-electron chi connectivity index (χ1n) is 8.31. The number of hydrogen-bond donors (Lipinski definition) is 2. The van der Waals surface area contributed by atoms with Crippen LogP contribution in [0.15, 0.2) is 24.3 Å². The fraction of sp³-hybridized carbons (Fsp3) is 0.444. The number of carbonyl (C=O) groups excluding carboxylic acids is 1. The maximum absolute atomic E-state index is 12.5. The van der Waals surface area contributed by atoms with Crippen molar-refractivity contribution in [3.8, 4) is 5.75 Å². The van der Waals surface area contributed by atoms with E-state index in [1.807, 2.05) is 47.0 Å². The highest BCUT2D eigenvalue weighted by atomic mass is 35.5. The average molecular weight is 366 g/mol. The molecule has 0 radical (unpaired) electrons. The third-order valence-corrected chi connectivity index (χ3v) is 4.72. The predicted molar refractivity (Wildman–Crippen MR) is 99.5 cm³/mol. The van der Waals surface area contributed by atoms with Gasteiger partial charge in [-0.1, -0.05) is 11.6 Å². The molecule has 2 rings (SSSR count). The zero-order chi connectivity index (χ0) is 18.6. The Balaban J connectivity index is 1.85. The predicted octanol–water partition coefficient (Wildman–Crippen LogP) is 1.61. The molecule has 1 unspecified atom stereocenters. The molecule has 1 aromatic heterocycles. The fourth-order valence-corrected chi connectivity index (χ4v) is 2.61. The van der Waals surface area contributed by atoms with E-state index in [4.69, 9.17) is 16.3 Å². The highest BCUT2D eigenvalue weighted by molar-refractivity contribution is 6.30. The van der Waals surface area contributed by atoms with Gasteiger partial charge in [0.1, 0.15) is 18.9 Å². The molecule has 0 aliphatic heterocycles. The van der Waals surface area contributed by atoms with Crippen LogP contribution in [0.5, 0.6) is 5.75 Å². The summed E-state index contributed by atoms with van der Waals surface area (Å²) in [5, 5.41) is 8.00. The number of halogens is 1. The van der Waals surface area contributed by atoms with Gasteiger partial charge in [-0.05, 0) is 45.0 Å². The third-order valence-electron chi connectivity index (χ3n) is 4.47. The Morgan fingerprint density at radius 2 is 2.00 bits per heavy atom. The molecule has 0 aliphatic carbocycles. The van der Waals surface area contributed by atoms with E-state index in [2.05, 4.69) is 10.4 Å². The number of amides is 1. The molecule has 1 aromatic carbocycles. The quantitative estimate of drug-likeness (QED) is 0.783. The summed E-state index contributed by atoms with van der Waals surface area (Å²) in [7, 11) is 3.85. The van der Waals surface area contributed by atoms with Gasteiger partial charge >= 0.3 is 0 Å². The topological polar surface area (TPSA) is 60.6 Å². The summed E-state index contributed by atoms with van der Waals surface area (Å²) in [6.45, 7) is 6.98. The van der Waals surface area contributed by atoms with Crippen LogP contribution in [0.4, 0.5) is 5.69 Å². The number of quaternary nitrogens is 1. The summed E-state index contributed by atoms with van der Waals surface area (Å²) in [5.41, 5.74) is 2.57. The summed E-state index contributed by atoms with van der Waals surface area (Å²) in [6, 6.07) is 7.06. The fourth-order valence-electron chi connectivity index (χ4n) is 2.49. The Morgan fingerprint density at radius 3 is 2.56 bits per heavy atom. The van der Waals surface area contributed by atoms with E-state index in [0.29, 0.717) is 18.2 Å². The molecule has 7 heteroatoms. The van der Waals surface area contributed by atoms with Crippen LogP contribution in [0.1, 0.15) is 18.3 Å². The van der Waals surface area contributed by atoms with E-state index in [1.54, 1.807) is 16.8 Å². The summed E-state index contributed by atoms with van der Waals surface area (Å²) >= 11 is 5.85. The molecule has 0 bridgehead atoms. The van der Waals surface area contributed by atoms with Gasteiger partial charge in [0.15, 0.2) is 6.04 Å². The van der Waals surface area contributed by atoms with E-state index >= 15 is 0 Å². The van der Waals surface area contributed by atoms with Crippen LogP contribution in [-0.4, -0.2) is 41.9 Å². The number of benzene rings is 1. The molecular weight excluding hydrogens is 340 g/mol. The number of ether oxygens (including phenoxy) is 1. The van der Waals surface area contributed by atoms with Gasteiger partial charge in [-0.15, -0.1) is 0 Å². The second-order valence-corrected chi connectivity index (χ2v) is 6.72. The Bertz CT molecular complexity index is 727. The van der Waals surface area contributed by atoms with Gasteiger partial charge in [-0.25, -0.2) is 0 Å². The lowest BCUT2D eigenvalue weighted by molar-refractivity contribution is -0.894. The van der Waals surface area contributed by atoms with Crippen molar-refractivity contribution in [1.29, 1.82) is 0 Å². The zero-order valence-corrected chi connectivity index (χ0v) is 16.1. The Kier molecular flexibility index (Phi) is 6.45. The van der Waals surface area contributed by atoms with Gasteiger partial charge in [0.05, 0.1) is 24.1 Å². The summed E-state index contributed by atoms with van der Waals surface area (Å²) in [4.78, 5) is 13.6. The summed E-state index contributed by atoms with van der Waals surface area (Å²) < 4.78 is 7.47. The Labute approximate surface area is 153 Å². The third kappa shape index (κ3) is 4.96. The van der Waals surface area contributed by atoms with Crippen molar-refractivity contribution in [2.24, 2.45) is 7.05 Å². The minimum Gasteiger partial charge on any atom is -0.488 e. The molecular formula is C18H26ClN4O2+. The van der Waals surface area contributed by atoms with Crippen LogP contribution in [0.2, 0.25) is 5.02 Å². The molecule has 0 spiro atoms. The van der Waals surface area contributed by atoms with Gasteiger partial charge in [0, 0.05) is 12.1 Å². The molecule has 136 valence electrons. The SMILES string of the molecule is Cc1nn(C)c(C)c1NC(=O)[C@H](C)[NH+](C)CCOc1ccc(Cl)cc1. The number of likely N-dealkylation sites (N-methyl/N-ethyl adjacent to an activating group) is 1. The number of nitrogens with zero attached hydrogens (tertiary/aromatic N) is 2. The molecule has 1 amide bonds. The Morgan fingerprint density at radius 1 is 1.36 bits per heavy atom. The number of hydrogen-bond acceptors (Lipinski definition) is 3. The van der Waals surface area contributed by atoms with Gasteiger partial charge in [-0.3, -0.25) is 9.48 Å². The number of anilines is 1. The maximum atomic E-state index is 12.5. The van der Waals surface area contributed by atoms with Gasteiger partial charge in [0.25, 0.3) is 5.91 Å². The zero-order valence-electron chi connectivity index (χ0n) is 15.4. The van der Waals surface area contributed by atoms with Crippen molar-refractivity contribution in [1.82, 2.24) is 9.78 Å². The lowest BCUT2D eigenvalue weighted by Gasteiger charge is -2.21. The lowest BCUT2D eigenvalue weighted by atomic mass is 10.2. The minimum absolute atomic E-state index is 0.0248. The molecule has 2 aromatic rings. The molecule has 0 fully saturated rings. The number of rotatable bonds is 7. The first kappa shape index (κ1) is 19.3. The van der Waals surface area contributed by atoms with Crippen molar-refractivity contribution in [2.45, 2.75) is 26.8 Å². The van der Waals surface area contributed by atoms with E-state index in [-0.39, 0.29) is 11.9 Å². The molecule has 0 saturated carbocycles. The summed E-state index contributed by atoms with van der Waals surface area (Å²) in [5.74, 6) is 0.749. The normalized spacial score (nSPS) is 13.4. The van der Waals surface area contributed by atoms with Gasteiger partial charge in [-0.2, -0.15) is 5.10 Å². The van der Waals surface area contributed by atoms with Crippen molar-refractivity contribution in [2.75, 3.05) is 25.5 Å². The molecule has 6 nitrogen and oxygen atoms in total. The largest absolute Gasteiger partial charge is 0.488 e. The monoisotopic (exact) mass is 365 g/mol. The van der Waals surface area contributed by atoms with Gasteiger partial charge < -0.3 is 15.0 Å². The minimum atomic E-state index is -0.201. The van der Waals surface area contributed by atoms with Crippen LogP contribution >= 0.6 is 11.6 Å². The van der Waals surface area contributed by atoms with Crippen LogP contribution in [0.3, 0.4) is 0 Å². The first-order valence-corrected chi connectivity index (χ1v) is 8.69. The highest BCUT2D eigenvalue weighted by Gasteiger charge is 2.23. The molecule has 0 aliphatic rings. The van der Waals surface area contributed by atoms with Crippen LogP contribution in [0.25, 0.3) is 0 Å². The Hall–Kier alpha value is -2.05. The highest BCUT2D eigenvalue weighted by Crippen LogP contribution is 2.18. The van der Waals surface area contributed by atoms with Crippen molar-refractivity contribution in [3.05, 3.63) is 40.7 Å². The number of aromatic nitrogens is 2. The van der Waals surface area contributed by atoms with Crippen LogP contribution in [0, 0.1) is 13.8 Å². The summed E-state index contributed by atoms with van der Waals surface area (Å²) in [6.07, 6.45) is 0. The lowest BCUT2D eigenvalue weighted by Crippen LogP contribution is -3.14. The molecule has 0 saturated heterocycles. The second kappa shape index (κ2) is 8.36. The molecule has 1 heterocycles. The molecule has 2 N–H and O–H groups in total. The van der Waals surface area contributed by atoms with E-state index < -0.39 is 0 Å². The number of nitrogens with one attached hydrogen (secondary N) is 2. The standard InChI is InChI=1S/C18H25ClN4O2/c1-12-17(13(2)23(5)21-12)20-18(24)14(3)22(4)10-11-25-16-8-6-15(19)7-9-16/h6-9,14H,10-11H2,1-5H3,(H,20,24)/p+1/t14-/m0/s1. The van der Waals surface area contributed by atoms with Crippen LogP contribution in [-0.2, 0) is 11.8 Å². The molecule has 25 heavy (non-hydrogen) atoms. The second-order valence-electron chi connectivity index (χ2n) is 6.28. The average Bonchev–Trinajstić information content (AvgIpc) is 2.82. The number of aryl methyl sites for hydroxylation is 2. The van der Waals surface area contributed by atoms with Crippen LogP contribution < -0.4 is 15.0 Å². The van der Waals surface area contributed by atoms with Gasteiger partial charge in [0.2, 0.25) is 0 Å². The smallest absolute Gasteiger partial charge is 0.282 e. The molecule has 2 atom stereocenters. The van der Waals surface area contributed by atoms with Crippen molar-refractivity contribution >= 4 is 23.2 Å². The van der Waals surface area contributed by atoms with E-state index in [0.717, 1.165) is 27.7 Å².